The van der Waals surface area contributed by atoms with Gasteiger partial charge in [-0.2, -0.15) is 9.61 Å². The van der Waals surface area contributed by atoms with E-state index >= 15 is 0 Å². The zero-order valence-electron chi connectivity index (χ0n) is 19.1. The third-order valence-electron chi connectivity index (χ3n) is 5.48. The van der Waals surface area contributed by atoms with Crippen LogP contribution in [0.2, 0.25) is 0 Å². The first-order valence-corrected chi connectivity index (χ1v) is 10.5. The van der Waals surface area contributed by atoms with Gasteiger partial charge in [0.1, 0.15) is 11.6 Å². The van der Waals surface area contributed by atoms with Gasteiger partial charge in [-0.05, 0) is 62.2 Å². The average Bonchev–Trinajstić information content (AvgIpc) is 3.15. The molecule has 4 rings (SSSR count). The Labute approximate surface area is 188 Å². The summed E-state index contributed by atoms with van der Waals surface area (Å²) in [5.74, 6) is 3.20. The number of ether oxygens (including phenoxy) is 3. The summed E-state index contributed by atoms with van der Waals surface area (Å²) in [4.78, 5) is 4.73. The van der Waals surface area contributed by atoms with Crippen molar-refractivity contribution in [1.82, 2.24) is 14.6 Å². The molecule has 1 N–H and O–H groups in total. The number of aromatic nitrogens is 3. The molecule has 2 aromatic carbocycles. The van der Waals surface area contributed by atoms with E-state index in [1.165, 1.54) is 0 Å². The monoisotopic (exact) mass is 432 g/mol. The van der Waals surface area contributed by atoms with Crippen LogP contribution in [0.3, 0.4) is 0 Å². The Morgan fingerprint density at radius 2 is 1.62 bits per heavy atom. The van der Waals surface area contributed by atoms with Gasteiger partial charge in [-0.1, -0.05) is 6.07 Å². The molecule has 7 heteroatoms. The lowest BCUT2D eigenvalue weighted by Crippen LogP contribution is -2.10. The molecule has 0 aliphatic heterocycles. The smallest absolute Gasteiger partial charge is 0.161 e. The summed E-state index contributed by atoms with van der Waals surface area (Å²) in [5, 5.41) is 8.39. The first kappa shape index (κ1) is 21.5. The molecule has 0 amide bonds. The lowest BCUT2D eigenvalue weighted by molar-refractivity contribution is 0.354. The number of nitrogens with zero attached hydrogens (tertiary/aromatic N) is 3. The molecule has 0 bridgehead atoms. The fraction of sp³-hybridized carbons (Fsp3) is 0.280. The lowest BCUT2D eigenvalue weighted by Gasteiger charge is -2.11. The van der Waals surface area contributed by atoms with Crippen LogP contribution in [0.4, 0.5) is 5.82 Å². The number of hydrogen-bond acceptors (Lipinski definition) is 6. The first-order chi connectivity index (χ1) is 15.5. The van der Waals surface area contributed by atoms with E-state index in [1.54, 1.807) is 21.3 Å². The Balaban J connectivity index is 1.59. The summed E-state index contributed by atoms with van der Waals surface area (Å²) in [6.45, 7) is 4.80. The maximum absolute atomic E-state index is 5.41. The van der Waals surface area contributed by atoms with Crippen molar-refractivity contribution < 1.29 is 14.2 Å². The zero-order chi connectivity index (χ0) is 22.7. The summed E-state index contributed by atoms with van der Waals surface area (Å²) in [5.41, 5.74) is 5.94. The number of anilines is 1. The lowest BCUT2D eigenvalue weighted by atomic mass is 10.1. The quantitative estimate of drug-likeness (QED) is 0.435. The Morgan fingerprint density at radius 3 is 2.31 bits per heavy atom. The minimum atomic E-state index is 0.730. The molecule has 2 aromatic heterocycles. The minimum Gasteiger partial charge on any atom is -0.497 e. The number of fused-ring (bicyclic) bond motifs is 1. The van der Waals surface area contributed by atoms with Crippen molar-refractivity contribution in [3.05, 3.63) is 65.4 Å². The van der Waals surface area contributed by atoms with Gasteiger partial charge < -0.3 is 19.5 Å². The zero-order valence-corrected chi connectivity index (χ0v) is 19.1. The number of rotatable bonds is 8. The van der Waals surface area contributed by atoms with Crippen LogP contribution in [0.25, 0.3) is 16.9 Å². The number of hydrogen-bond donors (Lipinski definition) is 1. The molecule has 0 saturated carbocycles. The second-order valence-electron chi connectivity index (χ2n) is 7.59. The summed E-state index contributed by atoms with van der Waals surface area (Å²) in [7, 11) is 4.96. The largest absolute Gasteiger partial charge is 0.497 e. The molecule has 0 saturated heterocycles. The number of methoxy groups -OCH3 is 3. The molecule has 0 atom stereocenters. The van der Waals surface area contributed by atoms with Crippen LogP contribution in [0, 0.1) is 13.8 Å². The Bertz CT molecular complexity index is 1230. The highest BCUT2D eigenvalue weighted by Gasteiger charge is 2.15. The second kappa shape index (κ2) is 9.18. The second-order valence-corrected chi connectivity index (χ2v) is 7.59. The van der Waals surface area contributed by atoms with Crippen molar-refractivity contribution in [2.75, 3.05) is 33.2 Å². The molecule has 0 spiro atoms. The van der Waals surface area contributed by atoms with E-state index in [0.29, 0.717) is 0 Å². The van der Waals surface area contributed by atoms with Crippen molar-refractivity contribution in [1.29, 1.82) is 0 Å². The third-order valence-corrected chi connectivity index (χ3v) is 5.48. The number of benzene rings is 2. The van der Waals surface area contributed by atoms with Gasteiger partial charge in [0.05, 0.1) is 27.0 Å². The molecule has 0 aliphatic carbocycles. The van der Waals surface area contributed by atoms with Crippen LogP contribution >= 0.6 is 0 Å². The SMILES string of the molecule is COc1ccc(-c2nn3c(NCCc4ccc(OC)c(OC)c4)cc(C)nc3c2C)cc1. The van der Waals surface area contributed by atoms with Crippen LogP contribution in [0.1, 0.15) is 16.8 Å². The van der Waals surface area contributed by atoms with E-state index in [1.807, 2.05) is 53.9 Å². The van der Waals surface area contributed by atoms with E-state index in [0.717, 1.165) is 69.8 Å². The highest BCUT2D eigenvalue weighted by atomic mass is 16.5. The standard InChI is InChI=1S/C25H28N4O3/c1-16-14-23(26-13-12-18-6-11-21(31-4)22(15-18)32-5)29-25(27-16)17(2)24(28-29)19-7-9-20(30-3)10-8-19/h6-11,14-15,26H,12-13H2,1-5H3. The summed E-state index contributed by atoms with van der Waals surface area (Å²) in [6, 6.07) is 15.9. The van der Waals surface area contributed by atoms with Gasteiger partial charge in [-0.3, -0.25) is 0 Å². The average molecular weight is 433 g/mol. The predicted molar refractivity (Wildman–Crippen MR) is 126 cm³/mol. The summed E-state index contributed by atoms with van der Waals surface area (Å²) in [6.07, 6.45) is 0.828. The van der Waals surface area contributed by atoms with Gasteiger partial charge in [0.25, 0.3) is 0 Å². The Hall–Kier alpha value is -3.74. The summed E-state index contributed by atoms with van der Waals surface area (Å²) >= 11 is 0. The van der Waals surface area contributed by atoms with Gasteiger partial charge >= 0.3 is 0 Å². The van der Waals surface area contributed by atoms with E-state index in [-0.39, 0.29) is 0 Å². The maximum atomic E-state index is 5.41. The van der Waals surface area contributed by atoms with Gasteiger partial charge in [0, 0.05) is 29.4 Å². The molecule has 166 valence electrons. The van der Waals surface area contributed by atoms with Gasteiger partial charge in [0.2, 0.25) is 0 Å². The summed E-state index contributed by atoms with van der Waals surface area (Å²) < 4.78 is 17.9. The van der Waals surface area contributed by atoms with Gasteiger partial charge in [-0.25, -0.2) is 4.98 Å². The van der Waals surface area contributed by atoms with Crippen LogP contribution < -0.4 is 19.5 Å². The van der Waals surface area contributed by atoms with Crippen molar-refractivity contribution in [3.63, 3.8) is 0 Å². The molecule has 0 aliphatic rings. The molecular weight excluding hydrogens is 404 g/mol. The van der Waals surface area contributed by atoms with Crippen LogP contribution in [0.5, 0.6) is 17.2 Å². The molecular formula is C25H28N4O3. The Morgan fingerprint density at radius 1 is 0.875 bits per heavy atom. The Kier molecular flexibility index (Phi) is 6.16. The fourth-order valence-electron chi connectivity index (χ4n) is 3.76. The van der Waals surface area contributed by atoms with E-state index in [2.05, 4.69) is 18.3 Å². The fourth-order valence-corrected chi connectivity index (χ4v) is 3.76. The number of nitrogens with one attached hydrogen (secondary N) is 1. The molecule has 0 fully saturated rings. The van der Waals surface area contributed by atoms with Crippen molar-refractivity contribution >= 4 is 11.5 Å². The van der Waals surface area contributed by atoms with Crippen molar-refractivity contribution in [3.8, 4) is 28.5 Å². The minimum absolute atomic E-state index is 0.730. The highest BCUT2D eigenvalue weighted by Crippen LogP contribution is 2.29. The molecule has 2 heterocycles. The molecule has 7 nitrogen and oxygen atoms in total. The normalized spacial score (nSPS) is 10.9. The van der Waals surface area contributed by atoms with Crippen molar-refractivity contribution in [2.45, 2.75) is 20.3 Å². The van der Waals surface area contributed by atoms with E-state index < -0.39 is 0 Å². The van der Waals surface area contributed by atoms with Crippen LogP contribution in [-0.2, 0) is 6.42 Å². The molecule has 0 radical (unpaired) electrons. The first-order valence-electron chi connectivity index (χ1n) is 10.5. The van der Waals surface area contributed by atoms with E-state index in [4.69, 9.17) is 24.3 Å². The topological polar surface area (TPSA) is 69.9 Å². The molecule has 4 aromatic rings. The molecule has 32 heavy (non-hydrogen) atoms. The van der Waals surface area contributed by atoms with E-state index in [9.17, 15) is 0 Å². The van der Waals surface area contributed by atoms with Gasteiger partial charge in [-0.15, -0.1) is 0 Å². The van der Waals surface area contributed by atoms with Gasteiger partial charge in [0.15, 0.2) is 17.1 Å². The highest BCUT2D eigenvalue weighted by molar-refractivity contribution is 5.72. The predicted octanol–water partition coefficient (Wildman–Crippen LogP) is 4.69. The third kappa shape index (κ3) is 4.19. The van der Waals surface area contributed by atoms with Crippen LogP contribution in [-0.4, -0.2) is 42.5 Å². The number of aryl methyl sites for hydroxylation is 2. The molecule has 0 unspecified atom stereocenters. The van der Waals surface area contributed by atoms with Crippen molar-refractivity contribution in [2.24, 2.45) is 0 Å². The maximum Gasteiger partial charge on any atom is 0.161 e. The van der Waals surface area contributed by atoms with Crippen LogP contribution in [0.15, 0.2) is 48.5 Å².